The molecule has 0 aromatic carbocycles. The van der Waals surface area contributed by atoms with Gasteiger partial charge >= 0.3 is 11.9 Å². The Balaban J connectivity index is 5.36. The van der Waals surface area contributed by atoms with Crippen LogP contribution in [0.3, 0.4) is 0 Å². The molecule has 0 heterocycles. The highest BCUT2D eigenvalue weighted by atomic mass is 16.4. The van der Waals surface area contributed by atoms with Crippen molar-refractivity contribution in [1.29, 1.82) is 0 Å². The molecule has 0 rings (SSSR count). The molecule has 0 fully saturated rings. The standard InChI is InChI=1S/C17H29N5O8/c1-7(2)13(16(28)20-9(17(29)30)4-5-11(19)23)22-15(27)10(6-12(24)25)21-14(26)8(3)18/h7-10,13H,4-6,18H2,1-3H3,(H2,19,23)(H,20,28)(H,21,26)(H,22,27)(H,24,25)(H,29,30). The van der Waals surface area contributed by atoms with Gasteiger partial charge in [0, 0.05) is 6.42 Å². The predicted molar refractivity (Wildman–Crippen MR) is 103 cm³/mol. The number of hydrogen-bond acceptors (Lipinski definition) is 7. The molecular weight excluding hydrogens is 402 g/mol. The van der Waals surface area contributed by atoms with Crippen LogP contribution in [0.1, 0.15) is 40.0 Å². The Hall–Kier alpha value is -3.22. The molecule has 13 heteroatoms. The van der Waals surface area contributed by atoms with Crippen molar-refractivity contribution < 1.29 is 39.0 Å². The second-order valence-electron chi connectivity index (χ2n) is 7.08. The normalized spacial score (nSPS) is 14.7. The van der Waals surface area contributed by atoms with E-state index in [2.05, 4.69) is 16.0 Å². The number of carbonyl (C=O) groups is 6. The molecule has 4 unspecified atom stereocenters. The average Bonchev–Trinajstić information content (AvgIpc) is 2.60. The maximum absolute atomic E-state index is 12.5. The van der Waals surface area contributed by atoms with E-state index in [0.29, 0.717) is 0 Å². The fourth-order valence-electron chi connectivity index (χ4n) is 2.28. The number of nitrogens with one attached hydrogen (secondary N) is 3. The molecule has 0 aliphatic heterocycles. The van der Waals surface area contributed by atoms with E-state index in [1.807, 2.05) is 0 Å². The number of hydrogen-bond donors (Lipinski definition) is 7. The molecule has 0 saturated heterocycles. The Morgan fingerprint density at radius 3 is 1.77 bits per heavy atom. The Morgan fingerprint density at radius 2 is 1.37 bits per heavy atom. The van der Waals surface area contributed by atoms with E-state index in [4.69, 9.17) is 16.6 Å². The molecule has 9 N–H and O–H groups in total. The lowest BCUT2D eigenvalue weighted by Crippen LogP contribution is -2.58. The van der Waals surface area contributed by atoms with Crippen LogP contribution in [0.5, 0.6) is 0 Å². The average molecular weight is 431 g/mol. The summed E-state index contributed by atoms with van der Waals surface area (Å²) in [4.78, 5) is 70.0. The molecule has 0 aromatic rings. The topological polar surface area (TPSA) is 231 Å². The number of amides is 4. The minimum absolute atomic E-state index is 0.249. The van der Waals surface area contributed by atoms with E-state index in [-0.39, 0.29) is 12.8 Å². The number of carboxylic acid groups (broad SMARTS) is 2. The first-order valence-corrected chi connectivity index (χ1v) is 9.15. The summed E-state index contributed by atoms with van der Waals surface area (Å²) >= 11 is 0. The molecule has 0 aromatic heterocycles. The van der Waals surface area contributed by atoms with Crippen LogP contribution in [-0.2, 0) is 28.8 Å². The van der Waals surface area contributed by atoms with Crippen molar-refractivity contribution in [3.8, 4) is 0 Å². The Kier molecular flexibility index (Phi) is 11.0. The van der Waals surface area contributed by atoms with Gasteiger partial charge in [0.05, 0.1) is 12.5 Å². The molecule has 0 radical (unpaired) electrons. The van der Waals surface area contributed by atoms with Crippen molar-refractivity contribution in [3.05, 3.63) is 0 Å². The van der Waals surface area contributed by atoms with Gasteiger partial charge in [-0.05, 0) is 19.3 Å². The summed E-state index contributed by atoms with van der Waals surface area (Å²) in [5.41, 5.74) is 10.4. The second-order valence-corrected chi connectivity index (χ2v) is 7.08. The van der Waals surface area contributed by atoms with E-state index in [9.17, 15) is 33.9 Å². The molecule has 0 spiro atoms. The number of nitrogens with two attached hydrogens (primary N) is 2. The summed E-state index contributed by atoms with van der Waals surface area (Å²) in [6.45, 7) is 4.47. The van der Waals surface area contributed by atoms with Gasteiger partial charge in [0.25, 0.3) is 0 Å². The van der Waals surface area contributed by atoms with E-state index in [0.717, 1.165) is 0 Å². The zero-order valence-corrected chi connectivity index (χ0v) is 17.0. The van der Waals surface area contributed by atoms with E-state index in [1.165, 1.54) is 6.92 Å². The minimum atomic E-state index is -1.50. The largest absolute Gasteiger partial charge is 0.481 e. The van der Waals surface area contributed by atoms with Crippen molar-refractivity contribution in [2.24, 2.45) is 17.4 Å². The third kappa shape index (κ3) is 9.82. The molecule has 30 heavy (non-hydrogen) atoms. The number of rotatable bonds is 13. The lowest BCUT2D eigenvalue weighted by molar-refractivity contribution is -0.143. The maximum atomic E-state index is 12.5. The Bertz CT molecular complexity index is 679. The predicted octanol–water partition coefficient (Wildman–Crippen LogP) is -2.73. The molecule has 4 amide bonds. The Labute approximate surface area is 172 Å². The SMILES string of the molecule is CC(N)C(=O)NC(CC(=O)O)C(=O)NC(C(=O)NC(CCC(N)=O)C(=O)O)C(C)C. The zero-order chi connectivity index (χ0) is 23.6. The number of primary amides is 1. The van der Waals surface area contributed by atoms with Gasteiger partial charge in [-0.3, -0.25) is 24.0 Å². The van der Waals surface area contributed by atoms with Crippen molar-refractivity contribution in [1.82, 2.24) is 16.0 Å². The smallest absolute Gasteiger partial charge is 0.326 e. The van der Waals surface area contributed by atoms with Crippen LogP contribution in [0.15, 0.2) is 0 Å². The lowest BCUT2D eigenvalue weighted by Gasteiger charge is -2.26. The third-order valence-corrected chi connectivity index (χ3v) is 3.97. The first kappa shape index (κ1) is 26.8. The molecular formula is C17H29N5O8. The van der Waals surface area contributed by atoms with Gasteiger partial charge in [-0.2, -0.15) is 0 Å². The summed E-state index contributed by atoms with van der Waals surface area (Å²) < 4.78 is 0. The van der Waals surface area contributed by atoms with Gasteiger partial charge in [0.2, 0.25) is 23.6 Å². The molecule has 0 aliphatic rings. The fourth-order valence-corrected chi connectivity index (χ4v) is 2.28. The van der Waals surface area contributed by atoms with Crippen LogP contribution >= 0.6 is 0 Å². The first-order chi connectivity index (χ1) is 13.8. The summed E-state index contributed by atoms with van der Waals surface area (Å²) in [7, 11) is 0. The summed E-state index contributed by atoms with van der Waals surface area (Å²) in [5, 5.41) is 24.9. The first-order valence-electron chi connectivity index (χ1n) is 9.15. The van der Waals surface area contributed by atoms with Crippen molar-refractivity contribution >= 4 is 35.6 Å². The van der Waals surface area contributed by atoms with Crippen molar-refractivity contribution in [2.45, 2.75) is 64.2 Å². The molecule has 4 atom stereocenters. The summed E-state index contributed by atoms with van der Waals surface area (Å²) in [6, 6.07) is -5.16. The van der Waals surface area contributed by atoms with Crippen LogP contribution in [0.4, 0.5) is 0 Å². The molecule has 0 aliphatic carbocycles. The van der Waals surface area contributed by atoms with Crippen molar-refractivity contribution in [2.75, 3.05) is 0 Å². The van der Waals surface area contributed by atoms with Gasteiger partial charge in [0.15, 0.2) is 0 Å². The van der Waals surface area contributed by atoms with Crippen LogP contribution in [0.2, 0.25) is 0 Å². The summed E-state index contributed by atoms with van der Waals surface area (Å²) in [6.07, 6.45) is -1.28. The maximum Gasteiger partial charge on any atom is 0.326 e. The Morgan fingerprint density at radius 1 is 0.833 bits per heavy atom. The highest BCUT2D eigenvalue weighted by Gasteiger charge is 2.32. The number of carboxylic acids is 2. The van der Waals surface area contributed by atoms with Crippen molar-refractivity contribution in [3.63, 3.8) is 0 Å². The molecule has 0 bridgehead atoms. The lowest BCUT2D eigenvalue weighted by atomic mass is 10.0. The highest BCUT2D eigenvalue weighted by molar-refractivity contribution is 5.95. The van der Waals surface area contributed by atoms with Gasteiger partial charge in [-0.25, -0.2) is 4.79 Å². The molecule has 170 valence electrons. The second kappa shape index (κ2) is 12.4. The van der Waals surface area contributed by atoms with Crippen LogP contribution < -0.4 is 27.4 Å². The van der Waals surface area contributed by atoms with Gasteiger partial charge < -0.3 is 37.6 Å². The number of carbonyl (C=O) groups excluding carboxylic acids is 4. The van der Waals surface area contributed by atoms with Crippen LogP contribution in [0.25, 0.3) is 0 Å². The third-order valence-electron chi connectivity index (χ3n) is 3.97. The minimum Gasteiger partial charge on any atom is -0.481 e. The molecule has 0 saturated carbocycles. The van der Waals surface area contributed by atoms with Crippen LogP contribution in [0, 0.1) is 5.92 Å². The van der Waals surface area contributed by atoms with E-state index >= 15 is 0 Å². The van der Waals surface area contributed by atoms with Gasteiger partial charge in [-0.15, -0.1) is 0 Å². The quantitative estimate of drug-likeness (QED) is 0.160. The summed E-state index contributed by atoms with van der Waals surface area (Å²) in [5.74, 6) is -6.61. The monoisotopic (exact) mass is 431 g/mol. The zero-order valence-electron chi connectivity index (χ0n) is 17.0. The van der Waals surface area contributed by atoms with Crippen LogP contribution in [-0.4, -0.2) is 69.9 Å². The van der Waals surface area contributed by atoms with E-state index in [1.54, 1.807) is 13.8 Å². The number of aliphatic carboxylic acids is 2. The highest BCUT2D eigenvalue weighted by Crippen LogP contribution is 2.06. The van der Waals surface area contributed by atoms with Gasteiger partial charge in [0.1, 0.15) is 18.1 Å². The fraction of sp³-hybridized carbons (Fsp3) is 0.647. The van der Waals surface area contributed by atoms with E-state index < -0.39 is 72.1 Å². The molecule has 13 nitrogen and oxygen atoms in total. The van der Waals surface area contributed by atoms with Gasteiger partial charge in [-0.1, -0.05) is 13.8 Å².